The summed E-state index contributed by atoms with van der Waals surface area (Å²) >= 11 is 3.55. The molecule has 2 aromatic carbocycles. The van der Waals surface area contributed by atoms with Crippen molar-refractivity contribution in [3.8, 4) is 0 Å². The highest BCUT2D eigenvalue weighted by Gasteiger charge is 2.31. The molecule has 1 aromatic heterocycles. The first kappa shape index (κ1) is 14.4. The summed E-state index contributed by atoms with van der Waals surface area (Å²) in [6, 6.07) is 17.1. The van der Waals surface area contributed by atoms with Gasteiger partial charge < -0.3 is 5.32 Å². The fraction of sp³-hybridized carbons (Fsp3) is 0.235. The van der Waals surface area contributed by atoms with Crippen LogP contribution in [0, 0.1) is 6.92 Å². The zero-order chi connectivity index (χ0) is 15.8. The molecule has 0 fully saturated rings. The minimum Gasteiger partial charge on any atom is -0.346 e. The van der Waals surface area contributed by atoms with E-state index in [0.29, 0.717) is 0 Å². The summed E-state index contributed by atoms with van der Waals surface area (Å²) in [6.45, 7) is 2.13. The van der Waals surface area contributed by atoms with Crippen LogP contribution in [0.3, 0.4) is 0 Å². The Hall–Kier alpha value is -2.21. The predicted octanol–water partition coefficient (Wildman–Crippen LogP) is 3.89. The topological polar surface area (TPSA) is 55.6 Å². The Morgan fingerprint density at radius 2 is 2.04 bits per heavy atom. The Morgan fingerprint density at radius 1 is 1.17 bits per heavy atom. The van der Waals surface area contributed by atoms with E-state index in [1.807, 2.05) is 10.7 Å². The standard InChI is InChI=1S/C17H16BrN5/c1-11-5-2-3-8-14(11)16-10-15(12-6-4-7-13(18)9-12)19-17-20-21-22-23(16)17/h2-9,15-16H,10H2,1H3,(H,19,20,22). The molecule has 0 amide bonds. The van der Waals surface area contributed by atoms with Gasteiger partial charge >= 0.3 is 0 Å². The molecule has 5 nitrogen and oxygen atoms in total. The van der Waals surface area contributed by atoms with Gasteiger partial charge in [-0.3, -0.25) is 0 Å². The van der Waals surface area contributed by atoms with Crippen molar-refractivity contribution in [2.45, 2.75) is 25.4 Å². The predicted molar refractivity (Wildman–Crippen MR) is 92.3 cm³/mol. The lowest BCUT2D eigenvalue weighted by Gasteiger charge is -2.31. The number of aryl methyl sites for hydroxylation is 1. The van der Waals surface area contributed by atoms with Crippen LogP contribution >= 0.6 is 15.9 Å². The number of halogens is 1. The number of nitrogens with zero attached hydrogens (tertiary/aromatic N) is 4. The summed E-state index contributed by atoms with van der Waals surface area (Å²) in [7, 11) is 0. The minimum absolute atomic E-state index is 0.131. The first-order valence-electron chi connectivity index (χ1n) is 7.58. The SMILES string of the molecule is Cc1ccccc1C1CC(c2cccc(Br)c2)Nc2nnnn21. The van der Waals surface area contributed by atoms with Crippen LogP contribution in [0.2, 0.25) is 0 Å². The molecule has 0 radical (unpaired) electrons. The number of tetrazole rings is 1. The molecule has 4 rings (SSSR count). The van der Waals surface area contributed by atoms with E-state index in [2.05, 4.69) is 86.2 Å². The Labute approximate surface area is 142 Å². The van der Waals surface area contributed by atoms with Crippen LogP contribution in [0.5, 0.6) is 0 Å². The second-order valence-electron chi connectivity index (χ2n) is 5.81. The highest BCUT2D eigenvalue weighted by Crippen LogP contribution is 2.38. The quantitative estimate of drug-likeness (QED) is 0.744. The molecule has 0 aliphatic carbocycles. The van der Waals surface area contributed by atoms with Gasteiger partial charge in [-0.1, -0.05) is 57.4 Å². The Kier molecular flexibility index (Phi) is 3.61. The van der Waals surface area contributed by atoms with Crippen LogP contribution < -0.4 is 5.32 Å². The lowest BCUT2D eigenvalue weighted by atomic mass is 9.91. The van der Waals surface area contributed by atoms with Crippen molar-refractivity contribution in [3.63, 3.8) is 0 Å². The third-order valence-corrected chi connectivity index (χ3v) is 4.84. The van der Waals surface area contributed by atoms with Crippen molar-refractivity contribution in [3.05, 3.63) is 69.7 Å². The summed E-state index contributed by atoms with van der Waals surface area (Å²) in [5.74, 6) is 0.717. The summed E-state index contributed by atoms with van der Waals surface area (Å²) in [5.41, 5.74) is 3.75. The van der Waals surface area contributed by atoms with E-state index in [-0.39, 0.29) is 12.1 Å². The van der Waals surface area contributed by atoms with Gasteiger partial charge in [-0.15, -0.1) is 0 Å². The number of nitrogens with one attached hydrogen (secondary N) is 1. The summed E-state index contributed by atoms with van der Waals surface area (Å²) in [6.07, 6.45) is 0.902. The Morgan fingerprint density at radius 3 is 2.87 bits per heavy atom. The number of benzene rings is 2. The summed E-state index contributed by atoms with van der Waals surface area (Å²) in [5, 5.41) is 15.6. The molecule has 2 atom stereocenters. The molecule has 0 spiro atoms. The van der Waals surface area contributed by atoms with Crippen LogP contribution in [0.25, 0.3) is 0 Å². The largest absolute Gasteiger partial charge is 0.346 e. The minimum atomic E-state index is 0.131. The van der Waals surface area contributed by atoms with Gasteiger partial charge in [0.15, 0.2) is 0 Å². The second kappa shape index (κ2) is 5.77. The zero-order valence-electron chi connectivity index (χ0n) is 12.6. The van der Waals surface area contributed by atoms with Gasteiger partial charge in [-0.2, -0.15) is 0 Å². The fourth-order valence-electron chi connectivity index (χ4n) is 3.20. The molecular formula is C17H16BrN5. The van der Waals surface area contributed by atoms with E-state index < -0.39 is 0 Å². The number of hydrogen-bond acceptors (Lipinski definition) is 4. The average molecular weight is 370 g/mol. The van der Waals surface area contributed by atoms with Crippen molar-refractivity contribution < 1.29 is 0 Å². The maximum Gasteiger partial charge on any atom is 0.243 e. The Balaban J connectivity index is 1.77. The summed E-state index contributed by atoms with van der Waals surface area (Å²) < 4.78 is 2.96. The lowest BCUT2D eigenvalue weighted by molar-refractivity contribution is 0.422. The average Bonchev–Trinajstić information content (AvgIpc) is 3.03. The van der Waals surface area contributed by atoms with Gasteiger partial charge in [0.1, 0.15) is 0 Å². The van der Waals surface area contributed by atoms with Crippen molar-refractivity contribution in [2.75, 3.05) is 5.32 Å². The van der Waals surface area contributed by atoms with Crippen molar-refractivity contribution in [1.29, 1.82) is 0 Å². The van der Waals surface area contributed by atoms with E-state index in [9.17, 15) is 0 Å². The summed E-state index contributed by atoms with van der Waals surface area (Å²) in [4.78, 5) is 0. The first-order chi connectivity index (χ1) is 11.2. The van der Waals surface area contributed by atoms with Gasteiger partial charge in [0.2, 0.25) is 5.95 Å². The molecule has 23 heavy (non-hydrogen) atoms. The van der Waals surface area contributed by atoms with Crippen molar-refractivity contribution in [1.82, 2.24) is 20.2 Å². The molecule has 2 heterocycles. The molecular weight excluding hydrogens is 354 g/mol. The second-order valence-corrected chi connectivity index (χ2v) is 6.72. The molecule has 1 N–H and O–H groups in total. The van der Waals surface area contributed by atoms with Crippen LogP contribution in [-0.4, -0.2) is 20.2 Å². The van der Waals surface area contributed by atoms with Gasteiger partial charge in [0, 0.05) is 4.47 Å². The fourth-order valence-corrected chi connectivity index (χ4v) is 3.62. The molecule has 6 heteroatoms. The van der Waals surface area contributed by atoms with Gasteiger partial charge in [0.25, 0.3) is 0 Å². The van der Waals surface area contributed by atoms with Crippen molar-refractivity contribution >= 4 is 21.9 Å². The molecule has 0 saturated heterocycles. The van der Waals surface area contributed by atoms with E-state index in [0.717, 1.165) is 16.8 Å². The van der Waals surface area contributed by atoms with E-state index >= 15 is 0 Å². The zero-order valence-corrected chi connectivity index (χ0v) is 14.2. The highest BCUT2D eigenvalue weighted by atomic mass is 79.9. The monoisotopic (exact) mass is 369 g/mol. The molecule has 1 aliphatic rings. The maximum atomic E-state index is 4.19. The van der Waals surface area contributed by atoms with Gasteiger partial charge in [0.05, 0.1) is 12.1 Å². The smallest absolute Gasteiger partial charge is 0.243 e. The molecule has 116 valence electrons. The van der Waals surface area contributed by atoms with Crippen LogP contribution in [0.15, 0.2) is 53.0 Å². The van der Waals surface area contributed by atoms with Gasteiger partial charge in [-0.25, -0.2) is 4.68 Å². The van der Waals surface area contributed by atoms with Crippen LogP contribution in [-0.2, 0) is 0 Å². The molecule has 0 bridgehead atoms. The van der Waals surface area contributed by atoms with E-state index in [4.69, 9.17) is 0 Å². The van der Waals surface area contributed by atoms with E-state index in [1.165, 1.54) is 16.7 Å². The lowest BCUT2D eigenvalue weighted by Crippen LogP contribution is -2.28. The first-order valence-corrected chi connectivity index (χ1v) is 8.37. The molecule has 3 aromatic rings. The number of rotatable bonds is 2. The molecule has 2 unspecified atom stereocenters. The third-order valence-electron chi connectivity index (χ3n) is 4.35. The molecule has 0 saturated carbocycles. The third kappa shape index (κ3) is 2.63. The molecule has 1 aliphatic heterocycles. The van der Waals surface area contributed by atoms with Gasteiger partial charge in [-0.05, 0) is 52.6 Å². The van der Waals surface area contributed by atoms with Crippen molar-refractivity contribution in [2.24, 2.45) is 0 Å². The number of fused-ring (bicyclic) bond motifs is 1. The normalized spacial score (nSPS) is 19.9. The van der Waals surface area contributed by atoms with Crippen LogP contribution in [0.4, 0.5) is 5.95 Å². The number of anilines is 1. The maximum absolute atomic E-state index is 4.19. The number of aromatic nitrogens is 4. The van der Waals surface area contributed by atoms with Crippen LogP contribution in [0.1, 0.15) is 35.2 Å². The van der Waals surface area contributed by atoms with E-state index in [1.54, 1.807) is 0 Å². The number of hydrogen-bond donors (Lipinski definition) is 1. The Bertz CT molecular complexity index is 844. The highest BCUT2D eigenvalue weighted by molar-refractivity contribution is 9.10.